The van der Waals surface area contributed by atoms with Crippen LogP contribution >= 0.6 is 11.6 Å². The smallest absolute Gasteiger partial charge is 0.224 e. The average Bonchev–Trinajstić information content (AvgIpc) is 2.87. The van der Waals surface area contributed by atoms with Gasteiger partial charge in [0.1, 0.15) is 5.82 Å². The van der Waals surface area contributed by atoms with E-state index in [1.807, 2.05) is 13.0 Å². The fraction of sp³-hybridized carbons (Fsp3) is 0.500. The van der Waals surface area contributed by atoms with Crippen LogP contribution in [0.4, 0.5) is 11.6 Å². The van der Waals surface area contributed by atoms with Crippen LogP contribution in [0.5, 0.6) is 0 Å². The predicted octanol–water partition coefficient (Wildman–Crippen LogP) is 3.95. The van der Waals surface area contributed by atoms with Crippen LogP contribution in [0.15, 0.2) is 12.1 Å². The van der Waals surface area contributed by atoms with Gasteiger partial charge in [0.25, 0.3) is 0 Å². The first-order valence-electron chi connectivity index (χ1n) is 7.04. The molecule has 0 atom stereocenters. The van der Waals surface area contributed by atoms with Crippen LogP contribution in [-0.4, -0.2) is 20.2 Å². The molecule has 0 saturated heterocycles. The zero-order valence-corrected chi connectivity index (χ0v) is 12.2. The molecule has 2 heterocycles. The predicted molar refractivity (Wildman–Crippen MR) is 79.5 cm³/mol. The maximum Gasteiger partial charge on any atom is 0.224 e. The first-order chi connectivity index (χ1) is 9.70. The van der Waals surface area contributed by atoms with Gasteiger partial charge in [-0.25, -0.2) is 9.97 Å². The molecule has 2 N–H and O–H groups in total. The molecule has 1 saturated carbocycles. The van der Waals surface area contributed by atoms with Crippen molar-refractivity contribution >= 4 is 23.2 Å². The van der Waals surface area contributed by atoms with E-state index < -0.39 is 0 Å². The van der Waals surface area contributed by atoms with E-state index in [4.69, 9.17) is 11.6 Å². The van der Waals surface area contributed by atoms with Gasteiger partial charge in [0.15, 0.2) is 5.82 Å². The molecule has 1 aliphatic rings. The van der Waals surface area contributed by atoms with Gasteiger partial charge in [-0.3, -0.25) is 5.10 Å². The summed E-state index contributed by atoms with van der Waals surface area (Å²) in [6.45, 7) is 1.89. The Hall–Kier alpha value is -1.62. The molecule has 0 aromatic carbocycles. The number of nitrogens with one attached hydrogen (secondary N) is 2. The lowest BCUT2D eigenvalue weighted by atomic mass is 9.87. The van der Waals surface area contributed by atoms with Gasteiger partial charge in [0.05, 0.1) is 0 Å². The van der Waals surface area contributed by atoms with E-state index in [1.165, 1.54) is 37.8 Å². The van der Waals surface area contributed by atoms with Crippen molar-refractivity contribution in [2.45, 2.75) is 44.9 Å². The van der Waals surface area contributed by atoms with Crippen molar-refractivity contribution in [1.29, 1.82) is 0 Å². The van der Waals surface area contributed by atoms with Crippen LogP contribution < -0.4 is 5.32 Å². The molecule has 5 nitrogen and oxygen atoms in total. The molecule has 0 spiro atoms. The molecule has 0 amide bonds. The number of aromatic nitrogens is 4. The zero-order chi connectivity index (χ0) is 13.9. The molecule has 1 aliphatic carbocycles. The van der Waals surface area contributed by atoms with Gasteiger partial charge in [-0.1, -0.05) is 19.3 Å². The Bertz CT molecular complexity index is 569. The number of aryl methyl sites for hydroxylation is 1. The second kappa shape index (κ2) is 5.79. The minimum absolute atomic E-state index is 0.246. The third-order valence-electron chi connectivity index (χ3n) is 3.73. The Morgan fingerprint density at radius 3 is 2.70 bits per heavy atom. The lowest BCUT2D eigenvalue weighted by Gasteiger charge is -2.19. The summed E-state index contributed by atoms with van der Waals surface area (Å²) >= 11 is 5.85. The van der Waals surface area contributed by atoms with Crippen LogP contribution in [0.2, 0.25) is 5.28 Å². The quantitative estimate of drug-likeness (QED) is 0.840. The maximum absolute atomic E-state index is 5.85. The zero-order valence-electron chi connectivity index (χ0n) is 11.5. The van der Waals surface area contributed by atoms with Crippen molar-refractivity contribution in [2.75, 3.05) is 5.32 Å². The number of hydrogen-bond acceptors (Lipinski definition) is 4. The van der Waals surface area contributed by atoms with Crippen LogP contribution in [0.1, 0.15) is 49.4 Å². The minimum atomic E-state index is 0.246. The van der Waals surface area contributed by atoms with Gasteiger partial charge in [-0.05, 0) is 31.4 Å². The van der Waals surface area contributed by atoms with E-state index in [0.717, 1.165) is 11.5 Å². The van der Waals surface area contributed by atoms with Crippen LogP contribution in [0.3, 0.4) is 0 Å². The maximum atomic E-state index is 5.85. The Labute approximate surface area is 123 Å². The van der Waals surface area contributed by atoms with Crippen molar-refractivity contribution in [2.24, 2.45) is 0 Å². The molecule has 2 aromatic rings. The molecule has 3 rings (SSSR count). The second-order valence-corrected chi connectivity index (χ2v) is 5.67. The molecule has 0 radical (unpaired) electrons. The van der Waals surface area contributed by atoms with Gasteiger partial charge < -0.3 is 5.32 Å². The third kappa shape index (κ3) is 3.10. The number of rotatable bonds is 3. The van der Waals surface area contributed by atoms with Gasteiger partial charge >= 0.3 is 0 Å². The molecule has 2 aromatic heterocycles. The van der Waals surface area contributed by atoms with E-state index in [-0.39, 0.29) is 5.28 Å². The summed E-state index contributed by atoms with van der Waals surface area (Å²) in [6, 6.07) is 3.92. The Morgan fingerprint density at radius 2 is 1.95 bits per heavy atom. The molecule has 1 fully saturated rings. The van der Waals surface area contributed by atoms with E-state index in [2.05, 4.69) is 31.5 Å². The fourth-order valence-corrected chi connectivity index (χ4v) is 2.98. The lowest BCUT2D eigenvalue weighted by molar-refractivity contribution is 0.436. The van der Waals surface area contributed by atoms with Crippen LogP contribution in [0.25, 0.3) is 0 Å². The van der Waals surface area contributed by atoms with Gasteiger partial charge in [-0.15, -0.1) is 0 Å². The van der Waals surface area contributed by atoms with Gasteiger partial charge in [0, 0.05) is 29.4 Å². The van der Waals surface area contributed by atoms with Crippen LogP contribution in [0, 0.1) is 6.92 Å². The first-order valence-corrected chi connectivity index (χ1v) is 7.42. The largest absolute Gasteiger partial charge is 0.323 e. The number of anilines is 2. The molecule has 0 bridgehead atoms. The fourth-order valence-electron chi connectivity index (χ4n) is 2.75. The summed E-state index contributed by atoms with van der Waals surface area (Å²) in [6.07, 6.45) is 6.48. The summed E-state index contributed by atoms with van der Waals surface area (Å²) in [5.41, 5.74) is 2.04. The summed E-state index contributed by atoms with van der Waals surface area (Å²) < 4.78 is 0. The molecule has 0 aliphatic heterocycles. The molecular weight excluding hydrogens is 274 g/mol. The lowest BCUT2D eigenvalue weighted by Crippen LogP contribution is -2.04. The topological polar surface area (TPSA) is 66.5 Å². The summed E-state index contributed by atoms with van der Waals surface area (Å²) in [5, 5.41) is 10.9. The normalized spacial score (nSPS) is 16.3. The number of H-pyrrole nitrogens is 1. The number of halogens is 1. The monoisotopic (exact) mass is 291 g/mol. The molecule has 106 valence electrons. The van der Waals surface area contributed by atoms with Crippen molar-refractivity contribution in [1.82, 2.24) is 20.2 Å². The SMILES string of the molecule is Cc1cc(Nc2cc(C3CCCCC3)[nH]n2)nc(Cl)n1. The average molecular weight is 292 g/mol. The third-order valence-corrected chi connectivity index (χ3v) is 3.89. The Morgan fingerprint density at radius 1 is 1.15 bits per heavy atom. The van der Waals surface area contributed by atoms with E-state index in [9.17, 15) is 0 Å². The van der Waals surface area contributed by atoms with E-state index >= 15 is 0 Å². The summed E-state index contributed by atoms with van der Waals surface area (Å²) in [7, 11) is 0. The number of aromatic amines is 1. The van der Waals surface area contributed by atoms with E-state index in [0.29, 0.717) is 11.7 Å². The number of hydrogen-bond donors (Lipinski definition) is 2. The standard InChI is InChI=1S/C14H18ClN5/c1-9-7-12(18-14(15)16-9)17-13-8-11(19-20-13)10-5-3-2-4-6-10/h7-8,10H,2-6H2,1H3,(H2,16,17,18,19,20). The van der Waals surface area contributed by atoms with Crippen molar-refractivity contribution in [3.05, 3.63) is 28.8 Å². The highest BCUT2D eigenvalue weighted by atomic mass is 35.5. The van der Waals surface area contributed by atoms with Gasteiger partial charge in [0.2, 0.25) is 5.28 Å². The van der Waals surface area contributed by atoms with Crippen LogP contribution in [-0.2, 0) is 0 Å². The van der Waals surface area contributed by atoms with E-state index in [1.54, 1.807) is 0 Å². The molecular formula is C14H18ClN5. The number of nitrogens with zero attached hydrogens (tertiary/aromatic N) is 3. The molecule has 20 heavy (non-hydrogen) atoms. The Kier molecular flexibility index (Phi) is 3.87. The highest BCUT2D eigenvalue weighted by Crippen LogP contribution is 2.32. The van der Waals surface area contributed by atoms with Crippen molar-refractivity contribution < 1.29 is 0 Å². The highest BCUT2D eigenvalue weighted by molar-refractivity contribution is 6.28. The van der Waals surface area contributed by atoms with Gasteiger partial charge in [-0.2, -0.15) is 5.10 Å². The molecule has 6 heteroatoms. The second-order valence-electron chi connectivity index (χ2n) is 5.33. The summed E-state index contributed by atoms with van der Waals surface area (Å²) in [4.78, 5) is 8.18. The summed E-state index contributed by atoms with van der Waals surface area (Å²) in [5.74, 6) is 2.06. The van der Waals surface area contributed by atoms with Crippen molar-refractivity contribution in [3.63, 3.8) is 0 Å². The van der Waals surface area contributed by atoms with Crippen molar-refractivity contribution in [3.8, 4) is 0 Å². The highest BCUT2D eigenvalue weighted by Gasteiger charge is 2.17. The minimum Gasteiger partial charge on any atom is -0.323 e. The first kappa shape index (κ1) is 13.4. The molecule has 0 unspecified atom stereocenters. The Balaban J connectivity index is 1.73.